The minimum absolute atomic E-state index is 0. The van der Waals surface area contributed by atoms with Gasteiger partial charge in [-0.3, -0.25) is 0 Å². The van der Waals surface area contributed by atoms with Crippen LogP contribution in [0, 0.1) is 0 Å². The van der Waals surface area contributed by atoms with E-state index in [2.05, 4.69) is 9.68 Å². The zero-order valence-electron chi connectivity index (χ0n) is 6.47. The van der Waals surface area contributed by atoms with Crippen molar-refractivity contribution in [3.05, 3.63) is 17.5 Å². The van der Waals surface area contributed by atoms with Crippen LogP contribution in [0.4, 0.5) is 13.2 Å². The number of alkyl halides is 3. The predicted octanol–water partition coefficient (Wildman–Crippen LogP) is 1.62. The van der Waals surface area contributed by atoms with Gasteiger partial charge in [-0.2, -0.15) is 13.2 Å². The Hall–Kier alpha value is -0.750. The average Bonchev–Trinajstić information content (AvgIpc) is 2.35. The number of hydrogen-bond donors (Lipinski definition) is 1. The highest BCUT2D eigenvalue weighted by atomic mass is 35.5. The van der Waals surface area contributed by atoms with Crippen LogP contribution in [0.2, 0.25) is 0 Å². The van der Waals surface area contributed by atoms with Gasteiger partial charge in [0.2, 0.25) is 0 Å². The van der Waals surface area contributed by atoms with Crippen molar-refractivity contribution < 1.29 is 17.7 Å². The molecule has 76 valence electrons. The van der Waals surface area contributed by atoms with Crippen molar-refractivity contribution in [2.24, 2.45) is 5.73 Å². The molecule has 0 bridgehead atoms. The summed E-state index contributed by atoms with van der Waals surface area (Å²) < 4.78 is 40.0. The molecule has 13 heavy (non-hydrogen) atoms. The van der Waals surface area contributed by atoms with E-state index in [1.165, 1.54) is 0 Å². The molecule has 0 fully saturated rings. The molecule has 0 radical (unpaired) electrons. The van der Waals surface area contributed by atoms with Crippen molar-refractivity contribution >= 4 is 12.4 Å². The lowest BCUT2D eigenvalue weighted by Gasteiger charge is -1.97. The van der Waals surface area contributed by atoms with Crippen molar-refractivity contribution in [3.8, 4) is 0 Å². The largest absolute Gasteiger partial charge is 0.436 e. The van der Waals surface area contributed by atoms with Gasteiger partial charge in [-0.25, -0.2) is 0 Å². The minimum Gasteiger partial charge on any atom is -0.361 e. The van der Waals surface area contributed by atoms with Crippen molar-refractivity contribution in [2.45, 2.75) is 12.6 Å². The smallest absolute Gasteiger partial charge is 0.361 e. The van der Waals surface area contributed by atoms with Crippen molar-refractivity contribution in [1.82, 2.24) is 5.16 Å². The van der Waals surface area contributed by atoms with E-state index >= 15 is 0 Å². The second-order valence-corrected chi connectivity index (χ2v) is 2.21. The van der Waals surface area contributed by atoms with E-state index in [9.17, 15) is 13.2 Å². The number of rotatable bonds is 2. The molecule has 0 unspecified atom stereocenters. The number of hydrogen-bond acceptors (Lipinski definition) is 3. The normalized spacial score (nSPS) is 11.1. The highest BCUT2D eigenvalue weighted by Crippen LogP contribution is 2.28. The molecule has 0 spiro atoms. The first-order valence-electron chi connectivity index (χ1n) is 3.27. The van der Waals surface area contributed by atoms with Crippen LogP contribution >= 0.6 is 12.4 Å². The van der Waals surface area contributed by atoms with Gasteiger partial charge in [-0.05, 0) is 6.54 Å². The number of aromatic nitrogens is 1. The summed E-state index contributed by atoms with van der Waals surface area (Å²) in [6.45, 7) is 0.243. The Morgan fingerprint density at radius 2 is 2.08 bits per heavy atom. The molecule has 0 aliphatic carbocycles. The maximum Gasteiger partial charge on any atom is 0.436 e. The van der Waals surface area contributed by atoms with Crippen LogP contribution in [-0.2, 0) is 12.6 Å². The van der Waals surface area contributed by atoms with Gasteiger partial charge in [-0.15, -0.1) is 12.4 Å². The molecule has 1 heterocycles. The second-order valence-electron chi connectivity index (χ2n) is 2.21. The monoisotopic (exact) mass is 216 g/mol. The summed E-state index contributed by atoms with van der Waals surface area (Å²) in [7, 11) is 0. The Morgan fingerprint density at radius 3 is 2.46 bits per heavy atom. The highest BCUT2D eigenvalue weighted by molar-refractivity contribution is 5.85. The molecule has 2 N–H and O–H groups in total. The summed E-state index contributed by atoms with van der Waals surface area (Å²) in [6.07, 6.45) is -4.17. The first-order chi connectivity index (χ1) is 5.54. The van der Waals surface area contributed by atoms with Crippen LogP contribution in [0.25, 0.3) is 0 Å². The topological polar surface area (TPSA) is 52.0 Å². The summed E-state index contributed by atoms with van der Waals surface area (Å²) in [5.74, 6) is 0.157. The molecule has 0 saturated carbocycles. The molecule has 0 aliphatic heterocycles. The molecule has 0 atom stereocenters. The third kappa shape index (κ3) is 3.23. The Morgan fingerprint density at radius 1 is 1.46 bits per heavy atom. The van der Waals surface area contributed by atoms with Crippen molar-refractivity contribution in [3.63, 3.8) is 0 Å². The van der Waals surface area contributed by atoms with Gasteiger partial charge in [0, 0.05) is 12.5 Å². The van der Waals surface area contributed by atoms with E-state index in [1.54, 1.807) is 0 Å². The molecule has 1 aromatic rings. The van der Waals surface area contributed by atoms with Crippen LogP contribution in [0.3, 0.4) is 0 Å². The maximum absolute atomic E-state index is 11.9. The molecular formula is C6H8ClF3N2O. The van der Waals surface area contributed by atoms with Gasteiger partial charge in [0.15, 0.2) is 5.69 Å². The van der Waals surface area contributed by atoms with Gasteiger partial charge < -0.3 is 10.3 Å². The highest BCUT2D eigenvalue weighted by Gasteiger charge is 2.34. The first kappa shape index (κ1) is 12.2. The summed E-state index contributed by atoms with van der Waals surface area (Å²) in [5, 5.41) is 2.85. The zero-order valence-corrected chi connectivity index (χ0v) is 7.28. The van der Waals surface area contributed by atoms with Gasteiger partial charge in [0.1, 0.15) is 5.76 Å². The van der Waals surface area contributed by atoms with Crippen LogP contribution in [-0.4, -0.2) is 11.7 Å². The van der Waals surface area contributed by atoms with E-state index in [4.69, 9.17) is 5.73 Å². The quantitative estimate of drug-likeness (QED) is 0.817. The fourth-order valence-corrected chi connectivity index (χ4v) is 0.707. The van der Waals surface area contributed by atoms with Crippen molar-refractivity contribution in [2.75, 3.05) is 6.54 Å². The van der Waals surface area contributed by atoms with Crippen LogP contribution in [0.5, 0.6) is 0 Å². The summed E-state index contributed by atoms with van der Waals surface area (Å²) in [4.78, 5) is 0. The third-order valence-electron chi connectivity index (χ3n) is 1.24. The summed E-state index contributed by atoms with van der Waals surface area (Å²) >= 11 is 0. The molecule has 0 saturated heterocycles. The Labute approximate surface area is 78.5 Å². The zero-order chi connectivity index (χ0) is 9.19. The van der Waals surface area contributed by atoms with Gasteiger partial charge in [0.25, 0.3) is 0 Å². The van der Waals surface area contributed by atoms with Gasteiger partial charge in [-0.1, -0.05) is 5.16 Å². The van der Waals surface area contributed by atoms with E-state index in [0.29, 0.717) is 0 Å². The molecular weight excluding hydrogens is 209 g/mol. The molecule has 3 nitrogen and oxygen atoms in total. The molecule has 0 aromatic carbocycles. The van der Waals surface area contributed by atoms with E-state index in [-0.39, 0.29) is 31.1 Å². The van der Waals surface area contributed by atoms with Gasteiger partial charge in [0.05, 0.1) is 0 Å². The van der Waals surface area contributed by atoms with E-state index < -0.39 is 11.9 Å². The predicted molar refractivity (Wildman–Crippen MR) is 41.5 cm³/mol. The number of halogens is 4. The minimum atomic E-state index is -4.43. The molecule has 0 aliphatic rings. The first-order valence-corrected chi connectivity index (χ1v) is 3.27. The number of nitrogens with zero attached hydrogens (tertiary/aromatic N) is 1. The standard InChI is InChI=1S/C6H7F3N2O.ClH/c7-6(8,9)5-3-4(1-2-10)12-11-5;/h3H,1-2,10H2;1H. The molecule has 1 rings (SSSR count). The fourth-order valence-electron chi connectivity index (χ4n) is 0.707. The van der Waals surface area contributed by atoms with Crippen LogP contribution in [0.15, 0.2) is 10.6 Å². The third-order valence-corrected chi connectivity index (χ3v) is 1.24. The molecule has 1 aromatic heterocycles. The Kier molecular flexibility index (Phi) is 4.22. The van der Waals surface area contributed by atoms with Crippen molar-refractivity contribution in [1.29, 1.82) is 0 Å². The second kappa shape index (κ2) is 4.48. The Balaban J connectivity index is 0.00000144. The summed E-state index contributed by atoms with van der Waals surface area (Å²) in [5.41, 5.74) is 4.10. The average molecular weight is 217 g/mol. The van der Waals surface area contributed by atoms with E-state index in [0.717, 1.165) is 6.07 Å². The lowest BCUT2D eigenvalue weighted by Crippen LogP contribution is -2.05. The van der Waals surface area contributed by atoms with Crippen LogP contribution in [0.1, 0.15) is 11.5 Å². The van der Waals surface area contributed by atoms with Crippen LogP contribution < -0.4 is 5.73 Å². The lowest BCUT2D eigenvalue weighted by atomic mass is 10.3. The van der Waals surface area contributed by atoms with Gasteiger partial charge >= 0.3 is 6.18 Å². The Bertz CT molecular complexity index is 261. The number of nitrogens with two attached hydrogens (primary N) is 1. The van der Waals surface area contributed by atoms with E-state index in [1.807, 2.05) is 0 Å². The summed E-state index contributed by atoms with van der Waals surface area (Å²) in [6, 6.07) is 0.854. The maximum atomic E-state index is 11.9. The lowest BCUT2D eigenvalue weighted by molar-refractivity contribution is -0.142. The fraction of sp³-hybridized carbons (Fsp3) is 0.500. The molecule has 7 heteroatoms. The molecule has 0 amide bonds. The SMILES string of the molecule is Cl.NCCc1cc(C(F)(F)F)no1.